The molecule has 7 nitrogen and oxygen atoms in total. The topological polar surface area (TPSA) is 104 Å². The average Bonchev–Trinajstić information content (AvgIpc) is 3.14. The van der Waals surface area contributed by atoms with Gasteiger partial charge in [0.05, 0.1) is 27.7 Å². The predicted molar refractivity (Wildman–Crippen MR) is 96.4 cm³/mol. The van der Waals surface area contributed by atoms with Gasteiger partial charge in [0, 0.05) is 11.1 Å². The number of rotatable bonds is 7. The van der Waals surface area contributed by atoms with Gasteiger partial charge in [-0.3, -0.25) is 14.3 Å². The van der Waals surface area contributed by atoms with E-state index in [1.165, 1.54) is 11.3 Å². The molecule has 9 heteroatoms. The molecule has 1 aromatic carbocycles. The van der Waals surface area contributed by atoms with Crippen molar-refractivity contribution in [2.24, 2.45) is 0 Å². The summed E-state index contributed by atoms with van der Waals surface area (Å²) in [7, 11) is 0. The van der Waals surface area contributed by atoms with E-state index in [-0.39, 0.29) is 19.5 Å². The molecule has 0 aliphatic carbocycles. The fourth-order valence-electron chi connectivity index (χ4n) is 2.46. The lowest BCUT2D eigenvalue weighted by Crippen LogP contribution is -2.12. The van der Waals surface area contributed by atoms with E-state index in [4.69, 9.17) is 21.8 Å². The number of hydrogen-bond acceptors (Lipinski definition) is 5. The Morgan fingerprint density at radius 3 is 2.64 bits per heavy atom. The second-order valence-electron chi connectivity index (χ2n) is 5.30. The van der Waals surface area contributed by atoms with Crippen molar-refractivity contribution >= 4 is 51.5 Å². The molecule has 2 heterocycles. The summed E-state index contributed by atoms with van der Waals surface area (Å²) in [5, 5.41) is 25.9. The molecule has 0 saturated carbocycles. The zero-order valence-electron chi connectivity index (χ0n) is 12.9. The first-order valence-corrected chi connectivity index (χ1v) is 8.57. The summed E-state index contributed by atoms with van der Waals surface area (Å²) >= 11 is 7.39. The van der Waals surface area contributed by atoms with Gasteiger partial charge in [0.25, 0.3) is 0 Å². The van der Waals surface area contributed by atoms with Gasteiger partial charge in [-0.15, -0.1) is 11.3 Å². The number of fused-ring (bicyclic) bond motifs is 1. The smallest absolute Gasteiger partial charge is 0.322 e. The summed E-state index contributed by atoms with van der Waals surface area (Å²) in [6, 6.07) is 8.98. The summed E-state index contributed by atoms with van der Waals surface area (Å²) in [5.41, 5.74) is 2.12. The molecule has 0 radical (unpaired) electrons. The van der Waals surface area contributed by atoms with E-state index >= 15 is 0 Å². The normalized spacial score (nSPS) is 10.9. The number of aryl methyl sites for hydroxylation is 1. The first kappa shape index (κ1) is 17.2. The van der Waals surface area contributed by atoms with Crippen LogP contribution in [-0.2, 0) is 16.1 Å². The van der Waals surface area contributed by atoms with Crippen molar-refractivity contribution in [3.63, 3.8) is 0 Å². The van der Waals surface area contributed by atoms with Crippen molar-refractivity contribution in [2.75, 3.05) is 11.9 Å². The van der Waals surface area contributed by atoms with E-state index < -0.39 is 11.9 Å². The van der Waals surface area contributed by atoms with Crippen LogP contribution in [0.15, 0.2) is 30.3 Å². The Labute approximate surface area is 151 Å². The monoisotopic (exact) mass is 379 g/mol. The molecule has 3 aromatic rings. The standard InChI is InChI=1S/C16H14ClN3O4S/c17-13-4-3-12(25-13)16-10-7-9(18-8-15(23)24)1-2-11(10)20(19-16)6-5-14(21)22/h1-4,7,18H,5-6,8H2,(H,21,22)(H,23,24). The zero-order chi connectivity index (χ0) is 18.0. The van der Waals surface area contributed by atoms with Crippen LogP contribution in [0.5, 0.6) is 0 Å². The lowest BCUT2D eigenvalue weighted by atomic mass is 10.1. The van der Waals surface area contributed by atoms with Crippen LogP contribution in [0.3, 0.4) is 0 Å². The largest absolute Gasteiger partial charge is 0.481 e. The van der Waals surface area contributed by atoms with Crippen LogP contribution in [0, 0.1) is 0 Å². The van der Waals surface area contributed by atoms with E-state index in [0.717, 1.165) is 15.8 Å². The SMILES string of the molecule is O=C(O)CCn1nc(-c2ccc(Cl)s2)c2cc(NCC(=O)O)ccc21. The summed E-state index contributed by atoms with van der Waals surface area (Å²) < 4.78 is 2.27. The Morgan fingerprint density at radius 1 is 1.20 bits per heavy atom. The average molecular weight is 380 g/mol. The van der Waals surface area contributed by atoms with Gasteiger partial charge in [-0.25, -0.2) is 0 Å². The third kappa shape index (κ3) is 3.92. The minimum atomic E-state index is -0.956. The molecule has 3 N–H and O–H groups in total. The number of anilines is 1. The van der Waals surface area contributed by atoms with Crippen LogP contribution in [0.25, 0.3) is 21.5 Å². The fourth-order valence-corrected chi connectivity index (χ4v) is 3.50. The third-order valence-corrected chi connectivity index (χ3v) is 4.78. The van der Waals surface area contributed by atoms with Crippen LogP contribution in [-0.4, -0.2) is 38.5 Å². The van der Waals surface area contributed by atoms with Crippen molar-refractivity contribution in [3.05, 3.63) is 34.7 Å². The van der Waals surface area contributed by atoms with Gasteiger partial charge >= 0.3 is 11.9 Å². The summed E-state index contributed by atoms with van der Waals surface area (Å²) in [6.07, 6.45) is -0.0412. The summed E-state index contributed by atoms with van der Waals surface area (Å²) in [5.74, 6) is -1.85. The number of carboxylic acids is 2. The molecule has 0 atom stereocenters. The van der Waals surface area contributed by atoms with Crippen molar-refractivity contribution in [3.8, 4) is 10.6 Å². The van der Waals surface area contributed by atoms with E-state index in [2.05, 4.69) is 10.4 Å². The molecule has 0 amide bonds. The summed E-state index contributed by atoms with van der Waals surface area (Å²) in [6.45, 7) is 0.0473. The Balaban J connectivity index is 2.06. The number of benzene rings is 1. The summed E-state index contributed by atoms with van der Waals surface area (Å²) in [4.78, 5) is 22.5. The molecule has 2 aromatic heterocycles. The van der Waals surface area contributed by atoms with Crippen LogP contribution in [0.1, 0.15) is 6.42 Å². The third-order valence-electron chi connectivity index (χ3n) is 3.54. The maximum absolute atomic E-state index is 10.9. The second kappa shape index (κ2) is 7.12. The van der Waals surface area contributed by atoms with Gasteiger partial charge in [0.2, 0.25) is 0 Å². The zero-order valence-corrected chi connectivity index (χ0v) is 14.5. The van der Waals surface area contributed by atoms with Gasteiger partial charge < -0.3 is 15.5 Å². The second-order valence-corrected chi connectivity index (χ2v) is 7.01. The van der Waals surface area contributed by atoms with Gasteiger partial charge in [0.15, 0.2) is 0 Å². The predicted octanol–water partition coefficient (Wildman–Crippen LogP) is 3.39. The number of thiophene rings is 1. The highest BCUT2D eigenvalue weighted by Gasteiger charge is 2.15. The molecule has 0 aliphatic rings. The Hall–Kier alpha value is -2.58. The Bertz CT molecular complexity index is 950. The van der Waals surface area contributed by atoms with Crippen molar-refractivity contribution < 1.29 is 19.8 Å². The molecular weight excluding hydrogens is 366 g/mol. The minimum Gasteiger partial charge on any atom is -0.481 e. The first-order chi connectivity index (χ1) is 11.9. The maximum Gasteiger partial charge on any atom is 0.322 e. The van der Waals surface area contributed by atoms with Gasteiger partial charge in [0.1, 0.15) is 12.2 Å². The Kier molecular flexibility index (Phi) is 4.91. The molecule has 0 aliphatic heterocycles. The van der Waals surface area contributed by atoms with Crippen molar-refractivity contribution in [1.29, 1.82) is 0 Å². The highest BCUT2D eigenvalue weighted by atomic mass is 35.5. The maximum atomic E-state index is 10.9. The number of nitrogens with one attached hydrogen (secondary N) is 1. The first-order valence-electron chi connectivity index (χ1n) is 7.38. The van der Waals surface area contributed by atoms with E-state index in [9.17, 15) is 9.59 Å². The lowest BCUT2D eigenvalue weighted by molar-refractivity contribution is -0.137. The lowest BCUT2D eigenvalue weighted by Gasteiger charge is -2.05. The van der Waals surface area contributed by atoms with Crippen LogP contribution < -0.4 is 5.32 Å². The van der Waals surface area contributed by atoms with E-state index in [1.807, 2.05) is 12.1 Å². The van der Waals surface area contributed by atoms with Gasteiger partial charge in [-0.1, -0.05) is 11.6 Å². The van der Waals surface area contributed by atoms with Gasteiger partial charge in [-0.2, -0.15) is 5.10 Å². The highest BCUT2D eigenvalue weighted by Crippen LogP contribution is 2.36. The molecule has 25 heavy (non-hydrogen) atoms. The van der Waals surface area contributed by atoms with Gasteiger partial charge in [-0.05, 0) is 30.3 Å². The number of carboxylic acid groups (broad SMARTS) is 2. The molecule has 130 valence electrons. The van der Waals surface area contributed by atoms with Crippen LogP contribution in [0.2, 0.25) is 4.34 Å². The fraction of sp³-hybridized carbons (Fsp3) is 0.188. The number of aliphatic carboxylic acids is 2. The van der Waals surface area contributed by atoms with E-state index in [0.29, 0.717) is 15.7 Å². The minimum absolute atomic E-state index is 0.0412. The highest BCUT2D eigenvalue weighted by molar-refractivity contribution is 7.19. The molecule has 0 saturated heterocycles. The molecule has 0 unspecified atom stereocenters. The number of nitrogens with zero attached hydrogens (tertiary/aromatic N) is 2. The number of hydrogen-bond donors (Lipinski definition) is 3. The van der Waals surface area contributed by atoms with Crippen molar-refractivity contribution in [2.45, 2.75) is 13.0 Å². The number of halogens is 1. The number of carbonyl (C=O) groups is 2. The van der Waals surface area contributed by atoms with Crippen LogP contribution in [0.4, 0.5) is 5.69 Å². The molecule has 3 rings (SSSR count). The van der Waals surface area contributed by atoms with Crippen molar-refractivity contribution in [1.82, 2.24) is 9.78 Å². The molecule has 0 bridgehead atoms. The van der Waals surface area contributed by atoms with E-state index in [1.54, 1.807) is 22.9 Å². The van der Waals surface area contributed by atoms with Crippen LogP contribution >= 0.6 is 22.9 Å². The quantitative estimate of drug-likeness (QED) is 0.581. The molecular formula is C16H14ClN3O4S. The number of aromatic nitrogens is 2. The molecule has 0 spiro atoms. The Morgan fingerprint density at radius 2 is 2.00 bits per heavy atom. The molecule has 0 fully saturated rings.